The molecule has 0 N–H and O–H groups in total. The molecule has 1 aliphatic rings. The van der Waals surface area contributed by atoms with E-state index in [2.05, 4.69) is 19.1 Å². The Labute approximate surface area is 156 Å². The lowest BCUT2D eigenvalue weighted by atomic mass is 9.93. The molecule has 4 heteroatoms. The molecule has 2 nitrogen and oxygen atoms in total. The smallest absolute Gasteiger partial charge is 0.343 e. The molecule has 0 radical (unpaired) electrons. The van der Waals surface area contributed by atoms with Gasteiger partial charge in [-0.1, -0.05) is 55.2 Å². The van der Waals surface area contributed by atoms with E-state index >= 15 is 0 Å². The summed E-state index contributed by atoms with van der Waals surface area (Å²) < 4.78 is 5.46. The molecule has 1 aliphatic heterocycles. The van der Waals surface area contributed by atoms with Gasteiger partial charge in [0.05, 0.1) is 5.56 Å². The van der Waals surface area contributed by atoms with E-state index in [1.165, 1.54) is 43.0 Å². The van der Waals surface area contributed by atoms with Crippen molar-refractivity contribution in [2.75, 3.05) is 0 Å². The lowest BCUT2D eigenvalue weighted by Crippen LogP contribution is -2.20. The summed E-state index contributed by atoms with van der Waals surface area (Å²) >= 11 is 5.84. The Hall–Kier alpha value is -1.58. The van der Waals surface area contributed by atoms with Gasteiger partial charge >= 0.3 is 5.97 Å². The summed E-state index contributed by atoms with van der Waals surface area (Å²) in [6.07, 6.45) is 4.02. The fraction of sp³-hybridized carbons (Fsp3) is 0.381. The Kier molecular flexibility index (Phi) is 6.32. The van der Waals surface area contributed by atoms with Crippen LogP contribution in [-0.4, -0.2) is 14.8 Å². The summed E-state index contributed by atoms with van der Waals surface area (Å²) in [5, 5.41) is 0.609. The number of carbonyl (C=O) groups excluding carboxylic acids is 1. The van der Waals surface area contributed by atoms with Crippen molar-refractivity contribution in [2.45, 2.75) is 50.2 Å². The highest BCUT2D eigenvalue weighted by molar-refractivity contribution is 6.59. The maximum atomic E-state index is 12.1. The van der Waals surface area contributed by atoms with E-state index < -0.39 is 8.80 Å². The van der Waals surface area contributed by atoms with Crippen LogP contribution in [0.5, 0.6) is 5.75 Å². The monoisotopic (exact) mass is 372 g/mol. The van der Waals surface area contributed by atoms with Gasteiger partial charge in [0, 0.05) is 13.8 Å². The summed E-state index contributed by atoms with van der Waals surface area (Å²) in [4.78, 5) is 12.1. The minimum absolute atomic E-state index is 0.351. The fourth-order valence-electron chi connectivity index (χ4n) is 3.75. The van der Waals surface area contributed by atoms with Crippen LogP contribution < -0.4 is 4.74 Å². The molecule has 0 aliphatic carbocycles. The minimum Gasteiger partial charge on any atom is -0.423 e. The Morgan fingerprint density at radius 3 is 2.32 bits per heavy atom. The number of halogens is 1. The molecular weight excluding hydrogens is 348 g/mol. The van der Waals surface area contributed by atoms with Gasteiger partial charge in [-0.05, 0) is 60.7 Å². The predicted molar refractivity (Wildman–Crippen MR) is 107 cm³/mol. The van der Waals surface area contributed by atoms with Crippen LogP contribution in [0.1, 0.15) is 48.0 Å². The van der Waals surface area contributed by atoms with E-state index in [1.54, 1.807) is 24.3 Å². The molecule has 0 atom stereocenters. The average Bonchev–Trinajstić information content (AvgIpc) is 2.64. The third kappa shape index (κ3) is 4.96. The Balaban J connectivity index is 1.57. The van der Waals surface area contributed by atoms with Crippen molar-refractivity contribution in [1.82, 2.24) is 0 Å². The lowest BCUT2D eigenvalue weighted by Gasteiger charge is -2.27. The van der Waals surface area contributed by atoms with E-state index in [-0.39, 0.29) is 5.97 Å². The summed E-state index contributed by atoms with van der Waals surface area (Å²) in [6, 6.07) is 19.3. The number of ether oxygens (including phenoxy) is 1. The molecule has 1 fully saturated rings. The highest BCUT2D eigenvalue weighted by Gasteiger charge is 2.22. The summed E-state index contributed by atoms with van der Waals surface area (Å²) in [5.74, 6) is 0.926. The number of esters is 1. The number of hydrogen-bond donors (Lipinski definition) is 0. The normalized spacial score (nSPS) is 20.2. The van der Waals surface area contributed by atoms with Crippen LogP contribution in [0.3, 0.4) is 0 Å². The van der Waals surface area contributed by atoms with Gasteiger partial charge < -0.3 is 4.74 Å². The molecular formula is C21H25ClO2Si. The van der Waals surface area contributed by atoms with Crippen LogP contribution in [0, 0.1) is 0 Å². The molecule has 1 saturated heterocycles. The zero-order valence-corrected chi connectivity index (χ0v) is 16.6. The van der Waals surface area contributed by atoms with E-state index in [0.717, 1.165) is 0 Å². The Bertz CT molecular complexity index is 689. The molecule has 0 bridgehead atoms. The topological polar surface area (TPSA) is 26.3 Å². The van der Waals surface area contributed by atoms with Crippen molar-refractivity contribution < 1.29 is 9.53 Å². The predicted octanol–water partition coefficient (Wildman–Crippen LogP) is 6.07. The van der Waals surface area contributed by atoms with Crippen molar-refractivity contribution >= 4 is 26.4 Å². The molecule has 0 spiro atoms. The van der Waals surface area contributed by atoms with Crippen LogP contribution in [0.15, 0.2) is 48.5 Å². The summed E-state index contributed by atoms with van der Waals surface area (Å²) in [5.41, 5.74) is 1.89. The first-order valence-electron chi connectivity index (χ1n) is 9.23. The average molecular weight is 373 g/mol. The van der Waals surface area contributed by atoms with Gasteiger partial charge in [0.1, 0.15) is 5.75 Å². The van der Waals surface area contributed by atoms with E-state index in [1.807, 2.05) is 12.1 Å². The van der Waals surface area contributed by atoms with Gasteiger partial charge in [0.15, 0.2) is 0 Å². The van der Waals surface area contributed by atoms with Crippen LogP contribution >= 0.6 is 11.6 Å². The number of rotatable bonds is 5. The van der Waals surface area contributed by atoms with Crippen LogP contribution in [0.4, 0.5) is 0 Å². The molecule has 132 valence electrons. The summed E-state index contributed by atoms with van der Waals surface area (Å²) in [6.45, 7) is 2.31. The SMILES string of the molecule is CCC[SiH]1CCC(c2ccc(OC(=O)c3ccc(Cl)cc3)cc2)CC1. The van der Waals surface area contributed by atoms with E-state index in [4.69, 9.17) is 16.3 Å². The van der Waals surface area contributed by atoms with Crippen molar-refractivity contribution in [3.8, 4) is 5.75 Å². The molecule has 25 heavy (non-hydrogen) atoms. The zero-order valence-electron chi connectivity index (χ0n) is 14.7. The second-order valence-corrected chi connectivity index (χ2v) is 10.9. The van der Waals surface area contributed by atoms with Gasteiger partial charge in [-0.2, -0.15) is 0 Å². The van der Waals surface area contributed by atoms with Crippen LogP contribution in [-0.2, 0) is 0 Å². The molecule has 0 saturated carbocycles. The quantitative estimate of drug-likeness (QED) is 0.361. The first-order chi connectivity index (χ1) is 12.2. The van der Waals surface area contributed by atoms with Gasteiger partial charge in [-0.15, -0.1) is 0 Å². The maximum Gasteiger partial charge on any atom is 0.343 e. The Morgan fingerprint density at radius 1 is 1.08 bits per heavy atom. The largest absolute Gasteiger partial charge is 0.423 e. The Morgan fingerprint density at radius 2 is 1.72 bits per heavy atom. The summed E-state index contributed by atoms with van der Waals surface area (Å²) in [7, 11) is -0.435. The fourth-order valence-corrected chi connectivity index (χ4v) is 7.31. The van der Waals surface area contributed by atoms with Crippen LogP contribution in [0.25, 0.3) is 0 Å². The van der Waals surface area contributed by atoms with Crippen molar-refractivity contribution in [3.05, 3.63) is 64.7 Å². The molecule has 2 aromatic rings. The van der Waals surface area contributed by atoms with Gasteiger partial charge in [0.2, 0.25) is 0 Å². The first kappa shape index (κ1) is 18.2. The van der Waals surface area contributed by atoms with Gasteiger partial charge in [0.25, 0.3) is 0 Å². The molecule has 1 heterocycles. The number of benzene rings is 2. The molecule has 2 aromatic carbocycles. The number of carbonyl (C=O) groups is 1. The van der Waals surface area contributed by atoms with Gasteiger partial charge in [-0.25, -0.2) is 4.79 Å². The number of hydrogen-bond acceptors (Lipinski definition) is 2. The van der Waals surface area contributed by atoms with Crippen molar-refractivity contribution in [2.24, 2.45) is 0 Å². The minimum atomic E-state index is -0.435. The van der Waals surface area contributed by atoms with Crippen LogP contribution in [0.2, 0.25) is 23.2 Å². The van der Waals surface area contributed by atoms with Crippen molar-refractivity contribution in [1.29, 1.82) is 0 Å². The third-order valence-electron chi connectivity index (χ3n) is 5.19. The maximum absolute atomic E-state index is 12.1. The second kappa shape index (κ2) is 8.68. The molecule has 3 rings (SSSR count). The van der Waals surface area contributed by atoms with Crippen molar-refractivity contribution in [3.63, 3.8) is 0 Å². The molecule has 0 amide bonds. The van der Waals surface area contributed by atoms with E-state index in [0.29, 0.717) is 22.3 Å². The zero-order chi connectivity index (χ0) is 17.6. The third-order valence-corrected chi connectivity index (χ3v) is 9.13. The highest BCUT2D eigenvalue weighted by Crippen LogP contribution is 2.35. The molecule has 0 aromatic heterocycles. The van der Waals surface area contributed by atoms with Gasteiger partial charge in [-0.3, -0.25) is 0 Å². The molecule has 0 unspecified atom stereocenters. The highest BCUT2D eigenvalue weighted by atomic mass is 35.5. The second-order valence-electron chi connectivity index (χ2n) is 6.97. The lowest BCUT2D eigenvalue weighted by molar-refractivity contribution is 0.0734. The first-order valence-corrected chi connectivity index (χ1v) is 12.1. The standard InChI is InChI=1S/C21H25ClO2Si/c1-2-13-25-14-11-17(12-15-25)16-5-9-20(10-6-16)24-21(23)18-3-7-19(22)8-4-18/h3-10,17,25H,2,11-15H2,1H3. The van der Waals surface area contributed by atoms with E-state index in [9.17, 15) is 4.79 Å².